The quantitative estimate of drug-likeness (QED) is 0.450. The molecule has 0 radical (unpaired) electrons. The van der Waals surface area contributed by atoms with Crippen LogP contribution in [-0.2, 0) is 4.74 Å². The Kier molecular flexibility index (Phi) is 7.14. The summed E-state index contributed by atoms with van der Waals surface area (Å²) >= 11 is 0. The van der Waals surface area contributed by atoms with Gasteiger partial charge in [-0.3, -0.25) is 0 Å². The van der Waals surface area contributed by atoms with Gasteiger partial charge in [-0.1, -0.05) is 6.07 Å². The first-order valence-electron chi connectivity index (χ1n) is 10.3. The van der Waals surface area contributed by atoms with Crippen molar-refractivity contribution in [2.75, 3.05) is 42.7 Å². The van der Waals surface area contributed by atoms with Crippen LogP contribution in [0.15, 0.2) is 18.2 Å². The maximum atomic E-state index is 13.0. The van der Waals surface area contributed by atoms with Crippen LogP contribution in [0.4, 0.5) is 0 Å². The summed E-state index contributed by atoms with van der Waals surface area (Å²) in [5, 5.41) is 21.6. The fraction of sp³-hybridized carbons (Fsp3) is 0.280. The Labute approximate surface area is 201 Å². The molecule has 0 aromatic heterocycles. The zero-order valence-corrected chi connectivity index (χ0v) is 20.4. The van der Waals surface area contributed by atoms with E-state index in [-0.39, 0.29) is 39.1 Å². The fourth-order valence-electron chi connectivity index (χ4n) is 4.25. The van der Waals surface area contributed by atoms with Crippen molar-refractivity contribution in [3.05, 3.63) is 34.9 Å². The summed E-state index contributed by atoms with van der Waals surface area (Å²) in [6.45, 7) is 1.63. The highest BCUT2D eigenvalue weighted by atomic mass is 16.5. The number of aromatic carboxylic acids is 1. The third-order valence-electron chi connectivity index (χ3n) is 5.72. The maximum absolute atomic E-state index is 13.0. The Bertz CT molecular complexity index is 1330. The van der Waals surface area contributed by atoms with E-state index in [0.717, 1.165) is 7.11 Å². The van der Waals surface area contributed by atoms with Crippen LogP contribution in [0.2, 0.25) is 0 Å². The number of ether oxygens (including phenoxy) is 6. The standard InChI is InChI=1S/C25H26O10/c1-11-15-17(22(33-5)23(34-6)21(11)32-4)16(12-8-9-13(30-2)14(10-12)31-3)18(25(29)35-7)19(20(15)26)24(27)28/h8-10,26H,1-7H3,(H,27,28). The molecule has 35 heavy (non-hydrogen) atoms. The summed E-state index contributed by atoms with van der Waals surface area (Å²) in [5.41, 5.74) is -0.128. The molecule has 2 N–H and O–H groups in total. The lowest BCUT2D eigenvalue weighted by Gasteiger charge is -2.23. The summed E-state index contributed by atoms with van der Waals surface area (Å²) in [6, 6.07) is 4.80. The van der Waals surface area contributed by atoms with E-state index in [9.17, 15) is 19.8 Å². The second kappa shape index (κ2) is 9.88. The number of rotatable bonds is 8. The van der Waals surface area contributed by atoms with Crippen LogP contribution in [0.25, 0.3) is 21.9 Å². The zero-order valence-electron chi connectivity index (χ0n) is 20.4. The summed E-state index contributed by atoms with van der Waals surface area (Å²) in [6.07, 6.45) is 0. The van der Waals surface area contributed by atoms with Crippen molar-refractivity contribution in [1.82, 2.24) is 0 Å². The number of fused-ring (bicyclic) bond motifs is 1. The fourth-order valence-corrected chi connectivity index (χ4v) is 4.25. The van der Waals surface area contributed by atoms with Crippen LogP contribution in [-0.4, -0.2) is 64.8 Å². The van der Waals surface area contributed by atoms with Crippen molar-refractivity contribution < 1.29 is 48.2 Å². The number of methoxy groups -OCH3 is 6. The summed E-state index contributed by atoms with van der Waals surface area (Å²) in [7, 11) is 8.23. The van der Waals surface area contributed by atoms with Crippen molar-refractivity contribution >= 4 is 22.7 Å². The number of carboxylic acid groups (broad SMARTS) is 1. The van der Waals surface area contributed by atoms with Crippen molar-refractivity contribution in [2.45, 2.75) is 6.92 Å². The Morgan fingerprint density at radius 3 is 1.83 bits per heavy atom. The van der Waals surface area contributed by atoms with Gasteiger partial charge in [0, 0.05) is 21.9 Å². The van der Waals surface area contributed by atoms with Crippen LogP contribution < -0.4 is 23.7 Å². The lowest BCUT2D eigenvalue weighted by molar-refractivity contribution is 0.0582. The highest BCUT2D eigenvalue weighted by Crippen LogP contribution is 2.54. The molecule has 10 heteroatoms. The minimum absolute atomic E-state index is 0.106. The molecular weight excluding hydrogens is 460 g/mol. The number of carbonyl (C=O) groups is 2. The number of phenols is 1. The number of benzene rings is 3. The molecule has 0 saturated carbocycles. The summed E-state index contributed by atoms with van der Waals surface area (Å²) < 4.78 is 32.4. The minimum atomic E-state index is -1.53. The molecule has 0 aliphatic heterocycles. The van der Waals surface area contributed by atoms with E-state index in [4.69, 9.17) is 28.4 Å². The number of aryl methyl sites for hydroxylation is 1. The van der Waals surface area contributed by atoms with E-state index in [1.807, 2.05) is 0 Å². The SMILES string of the molecule is COC(=O)c1c(C(=O)O)c(O)c2c(C)c(OC)c(OC)c(OC)c2c1-c1ccc(OC)c(OC)c1. The smallest absolute Gasteiger partial charge is 0.340 e. The van der Waals surface area contributed by atoms with E-state index in [1.54, 1.807) is 25.1 Å². The van der Waals surface area contributed by atoms with Gasteiger partial charge in [0.1, 0.15) is 11.3 Å². The predicted molar refractivity (Wildman–Crippen MR) is 127 cm³/mol. The summed E-state index contributed by atoms with van der Waals surface area (Å²) in [5.74, 6) is -1.86. The summed E-state index contributed by atoms with van der Waals surface area (Å²) in [4.78, 5) is 25.4. The van der Waals surface area contributed by atoms with Crippen molar-refractivity contribution in [2.24, 2.45) is 0 Å². The van der Waals surface area contributed by atoms with Crippen molar-refractivity contribution in [3.63, 3.8) is 0 Å². The average Bonchev–Trinajstić information content (AvgIpc) is 2.86. The number of esters is 1. The van der Waals surface area contributed by atoms with Crippen LogP contribution in [0.1, 0.15) is 26.3 Å². The third kappa shape index (κ3) is 3.86. The largest absolute Gasteiger partial charge is 0.506 e. The Balaban J connectivity index is 2.78. The molecule has 0 aliphatic carbocycles. The molecule has 0 aliphatic rings. The van der Waals surface area contributed by atoms with Gasteiger partial charge >= 0.3 is 11.9 Å². The van der Waals surface area contributed by atoms with Crippen LogP contribution >= 0.6 is 0 Å². The molecule has 0 fully saturated rings. The maximum Gasteiger partial charge on any atom is 0.340 e. The van der Waals surface area contributed by atoms with Gasteiger partial charge in [0.05, 0.1) is 48.2 Å². The molecule has 3 aromatic rings. The van der Waals surface area contributed by atoms with Crippen LogP contribution in [0, 0.1) is 6.92 Å². The Morgan fingerprint density at radius 1 is 0.743 bits per heavy atom. The van der Waals surface area contributed by atoms with Gasteiger partial charge in [0.2, 0.25) is 5.75 Å². The number of aromatic hydroxyl groups is 1. The second-order valence-corrected chi connectivity index (χ2v) is 7.31. The number of carboxylic acids is 1. The molecule has 0 saturated heterocycles. The lowest BCUT2D eigenvalue weighted by Crippen LogP contribution is -2.14. The van der Waals surface area contributed by atoms with Gasteiger partial charge in [-0.25, -0.2) is 9.59 Å². The number of hydrogen-bond acceptors (Lipinski definition) is 9. The van der Waals surface area contributed by atoms with E-state index >= 15 is 0 Å². The molecule has 3 rings (SSSR count). The van der Waals surface area contributed by atoms with Gasteiger partial charge in [-0.2, -0.15) is 0 Å². The minimum Gasteiger partial charge on any atom is -0.506 e. The third-order valence-corrected chi connectivity index (χ3v) is 5.72. The topological polar surface area (TPSA) is 130 Å². The van der Waals surface area contributed by atoms with Crippen molar-refractivity contribution in [1.29, 1.82) is 0 Å². The monoisotopic (exact) mass is 486 g/mol. The zero-order chi connectivity index (χ0) is 26.0. The van der Waals surface area contributed by atoms with Crippen LogP contribution in [0.3, 0.4) is 0 Å². The first kappa shape index (κ1) is 25.3. The molecule has 10 nitrogen and oxygen atoms in total. The normalized spacial score (nSPS) is 10.6. The van der Waals surface area contributed by atoms with Gasteiger partial charge in [0.15, 0.2) is 23.0 Å². The van der Waals surface area contributed by atoms with Gasteiger partial charge in [-0.05, 0) is 24.6 Å². The Morgan fingerprint density at radius 2 is 1.34 bits per heavy atom. The first-order chi connectivity index (χ1) is 16.7. The molecule has 0 heterocycles. The van der Waals surface area contributed by atoms with Crippen LogP contribution in [0.5, 0.6) is 34.5 Å². The molecular formula is C25H26O10. The molecule has 0 bridgehead atoms. The molecule has 0 unspecified atom stereocenters. The van der Waals surface area contributed by atoms with Gasteiger partial charge in [0.25, 0.3) is 0 Å². The van der Waals surface area contributed by atoms with E-state index in [1.165, 1.54) is 35.5 Å². The first-order valence-corrected chi connectivity index (χ1v) is 10.3. The second-order valence-electron chi connectivity index (χ2n) is 7.31. The number of carbonyl (C=O) groups excluding carboxylic acids is 1. The highest BCUT2D eigenvalue weighted by molar-refractivity contribution is 6.21. The molecule has 3 aromatic carbocycles. The number of hydrogen-bond donors (Lipinski definition) is 2. The van der Waals surface area contributed by atoms with Gasteiger partial charge < -0.3 is 38.6 Å². The van der Waals surface area contributed by atoms with E-state index < -0.39 is 23.3 Å². The van der Waals surface area contributed by atoms with Gasteiger partial charge in [-0.15, -0.1) is 0 Å². The Hall–Kier alpha value is -4.34. The molecule has 186 valence electrons. The average molecular weight is 486 g/mol. The van der Waals surface area contributed by atoms with E-state index in [2.05, 4.69) is 0 Å². The molecule has 0 atom stereocenters. The molecule has 0 amide bonds. The van der Waals surface area contributed by atoms with Crippen molar-refractivity contribution in [3.8, 4) is 45.6 Å². The predicted octanol–water partition coefficient (Wildman–Crippen LogP) is 4.05. The molecule has 0 spiro atoms. The highest BCUT2D eigenvalue weighted by Gasteiger charge is 2.34. The van der Waals surface area contributed by atoms with E-state index in [0.29, 0.717) is 22.6 Å². The lowest BCUT2D eigenvalue weighted by atomic mass is 9.86.